The molecule has 1 aliphatic heterocycles. The Bertz CT molecular complexity index is 490. The number of sulfone groups is 1. The molecular formula is C8H10N2O4S. The van der Waals surface area contributed by atoms with Gasteiger partial charge >= 0.3 is 5.97 Å². The molecule has 1 fully saturated rings. The van der Waals surface area contributed by atoms with Crippen molar-refractivity contribution >= 4 is 15.8 Å². The molecule has 15 heavy (non-hydrogen) atoms. The summed E-state index contributed by atoms with van der Waals surface area (Å²) in [4.78, 5) is 10.8. The minimum atomic E-state index is -3.02. The van der Waals surface area contributed by atoms with Crippen LogP contribution in [-0.4, -0.2) is 40.8 Å². The summed E-state index contributed by atoms with van der Waals surface area (Å²) in [5.41, 5.74) is 0.0390. The summed E-state index contributed by atoms with van der Waals surface area (Å²) in [5.74, 6) is -0.997. The smallest absolute Gasteiger partial charge is 0.354 e. The molecule has 0 saturated carbocycles. The van der Waals surface area contributed by atoms with E-state index in [2.05, 4.69) is 5.10 Å². The lowest BCUT2D eigenvalue weighted by atomic mass is 10.2. The number of hydrogen-bond acceptors (Lipinski definition) is 4. The third kappa shape index (κ3) is 1.87. The molecule has 1 aliphatic rings. The number of nitrogens with zero attached hydrogens (tertiary/aromatic N) is 2. The van der Waals surface area contributed by atoms with Gasteiger partial charge in [0, 0.05) is 6.20 Å². The second kappa shape index (κ2) is 3.34. The van der Waals surface area contributed by atoms with Crippen molar-refractivity contribution in [2.75, 3.05) is 11.5 Å². The van der Waals surface area contributed by atoms with Crippen LogP contribution in [0.1, 0.15) is 23.0 Å². The molecule has 1 aromatic rings. The molecule has 2 heterocycles. The van der Waals surface area contributed by atoms with Crippen LogP contribution in [0.4, 0.5) is 0 Å². The summed E-state index contributed by atoms with van der Waals surface area (Å²) in [6, 6.07) is 1.03. The molecule has 1 aromatic heterocycles. The lowest BCUT2D eigenvalue weighted by molar-refractivity contribution is 0.0681. The Morgan fingerprint density at radius 1 is 1.60 bits per heavy atom. The normalized spacial score (nSPS) is 24.1. The monoisotopic (exact) mass is 230 g/mol. The topological polar surface area (TPSA) is 89.3 Å². The van der Waals surface area contributed by atoms with Crippen LogP contribution in [0, 0.1) is 0 Å². The quantitative estimate of drug-likeness (QED) is 0.768. The van der Waals surface area contributed by atoms with Crippen molar-refractivity contribution in [2.45, 2.75) is 12.5 Å². The van der Waals surface area contributed by atoms with Gasteiger partial charge in [-0.05, 0) is 12.5 Å². The first-order chi connectivity index (χ1) is 6.99. The fourth-order valence-corrected chi connectivity index (χ4v) is 3.43. The van der Waals surface area contributed by atoms with Gasteiger partial charge in [-0.25, -0.2) is 13.2 Å². The zero-order chi connectivity index (χ0) is 11.1. The van der Waals surface area contributed by atoms with Gasteiger partial charge in [-0.1, -0.05) is 0 Å². The average molecular weight is 230 g/mol. The molecule has 2 rings (SSSR count). The van der Waals surface area contributed by atoms with Crippen LogP contribution in [0.5, 0.6) is 0 Å². The van der Waals surface area contributed by atoms with Gasteiger partial charge in [0.05, 0.1) is 17.5 Å². The summed E-state index contributed by atoms with van der Waals surface area (Å²) in [6.07, 6.45) is 1.80. The zero-order valence-electron chi connectivity index (χ0n) is 7.83. The SMILES string of the molecule is O=C(O)c1ccnn1C1CCS(=O)(=O)C1. The van der Waals surface area contributed by atoms with E-state index in [-0.39, 0.29) is 23.2 Å². The van der Waals surface area contributed by atoms with Crippen molar-refractivity contribution in [3.63, 3.8) is 0 Å². The molecular weight excluding hydrogens is 220 g/mol. The number of carbonyl (C=O) groups is 1. The van der Waals surface area contributed by atoms with Crippen LogP contribution in [0.25, 0.3) is 0 Å². The molecule has 0 spiro atoms. The second-order valence-electron chi connectivity index (χ2n) is 3.52. The van der Waals surface area contributed by atoms with Gasteiger partial charge in [-0.15, -0.1) is 0 Å². The number of aromatic nitrogens is 2. The number of hydrogen-bond donors (Lipinski definition) is 1. The predicted octanol–water partition coefficient (Wildman–Crippen LogP) is -0.0591. The third-order valence-corrected chi connectivity index (χ3v) is 4.19. The summed E-state index contributed by atoms with van der Waals surface area (Å²) < 4.78 is 23.7. The number of carboxylic acid groups (broad SMARTS) is 1. The van der Waals surface area contributed by atoms with Gasteiger partial charge in [0.2, 0.25) is 0 Å². The summed E-state index contributed by atoms with van der Waals surface area (Å²) in [5, 5.41) is 12.7. The molecule has 1 saturated heterocycles. The van der Waals surface area contributed by atoms with Crippen molar-refractivity contribution < 1.29 is 18.3 Å². The first kappa shape index (κ1) is 10.2. The maximum atomic E-state index is 11.2. The molecule has 0 amide bonds. The van der Waals surface area contributed by atoms with Gasteiger partial charge in [0.15, 0.2) is 9.84 Å². The van der Waals surface area contributed by atoms with Crippen molar-refractivity contribution in [3.8, 4) is 0 Å². The predicted molar refractivity (Wildman–Crippen MR) is 51.5 cm³/mol. The van der Waals surface area contributed by atoms with Gasteiger partial charge in [-0.2, -0.15) is 5.10 Å². The van der Waals surface area contributed by atoms with Crippen LogP contribution in [0.2, 0.25) is 0 Å². The summed E-state index contributed by atoms with van der Waals surface area (Å²) in [7, 11) is -3.02. The fourth-order valence-electron chi connectivity index (χ4n) is 1.74. The average Bonchev–Trinajstić information content (AvgIpc) is 2.69. The lowest BCUT2D eigenvalue weighted by Gasteiger charge is -2.10. The molecule has 0 bridgehead atoms. The van der Waals surface area contributed by atoms with E-state index in [1.807, 2.05) is 0 Å². The zero-order valence-corrected chi connectivity index (χ0v) is 8.64. The first-order valence-electron chi connectivity index (χ1n) is 4.47. The van der Waals surface area contributed by atoms with Crippen molar-refractivity contribution in [2.24, 2.45) is 0 Å². The Morgan fingerprint density at radius 2 is 2.33 bits per heavy atom. The van der Waals surface area contributed by atoms with E-state index in [4.69, 9.17) is 5.11 Å². The summed E-state index contributed by atoms with van der Waals surface area (Å²) >= 11 is 0. The van der Waals surface area contributed by atoms with E-state index in [1.165, 1.54) is 16.9 Å². The second-order valence-corrected chi connectivity index (χ2v) is 5.75. The van der Waals surface area contributed by atoms with Crippen molar-refractivity contribution in [1.82, 2.24) is 9.78 Å². The molecule has 82 valence electrons. The molecule has 6 nitrogen and oxygen atoms in total. The van der Waals surface area contributed by atoms with Crippen LogP contribution in [0.15, 0.2) is 12.3 Å². The van der Waals surface area contributed by atoms with Crippen molar-refractivity contribution in [3.05, 3.63) is 18.0 Å². The van der Waals surface area contributed by atoms with Gasteiger partial charge in [0.25, 0.3) is 0 Å². The lowest BCUT2D eigenvalue weighted by Crippen LogP contribution is -2.17. The van der Waals surface area contributed by atoms with Crippen molar-refractivity contribution in [1.29, 1.82) is 0 Å². The van der Waals surface area contributed by atoms with E-state index in [0.29, 0.717) is 6.42 Å². The van der Waals surface area contributed by atoms with Crippen LogP contribution in [-0.2, 0) is 9.84 Å². The van der Waals surface area contributed by atoms with Crippen LogP contribution in [0.3, 0.4) is 0 Å². The number of carboxylic acids is 1. The van der Waals surface area contributed by atoms with Gasteiger partial charge < -0.3 is 5.11 Å². The maximum absolute atomic E-state index is 11.2. The maximum Gasteiger partial charge on any atom is 0.354 e. The van der Waals surface area contributed by atoms with Crippen LogP contribution < -0.4 is 0 Å². The first-order valence-corrected chi connectivity index (χ1v) is 6.29. The van der Waals surface area contributed by atoms with Gasteiger partial charge in [-0.3, -0.25) is 4.68 Å². The molecule has 0 aromatic carbocycles. The molecule has 0 radical (unpaired) electrons. The highest BCUT2D eigenvalue weighted by Gasteiger charge is 2.31. The molecule has 1 atom stereocenters. The molecule has 1 unspecified atom stereocenters. The van der Waals surface area contributed by atoms with E-state index in [0.717, 1.165) is 0 Å². The summed E-state index contributed by atoms with van der Waals surface area (Å²) in [6.45, 7) is 0. The molecule has 1 N–H and O–H groups in total. The highest BCUT2D eigenvalue weighted by Crippen LogP contribution is 2.24. The Morgan fingerprint density at radius 3 is 2.87 bits per heavy atom. The van der Waals surface area contributed by atoms with E-state index in [9.17, 15) is 13.2 Å². The highest BCUT2D eigenvalue weighted by atomic mass is 32.2. The Hall–Kier alpha value is -1.37. The van der Waals surface area contributed by atoms with E-state index in [1.54, 1.807) is 0 Å². The van der Waals surface area contributed by atoms with Crippen LogP contribution >= 0.6 is 0 Å². The molecule has 0 aliphatic carbocycles. The minimum absolute atomic E-state index is 0.0189. The minimum Gasteiger partial charge on any atom is -0.477 e. The van der Waals surface area contributed by atoms with Gasteiger partial charge in [0.1, 0.15) is 5.69 Å². The fraction of sp³-hybridized carbons (Fsp3) is 0.500. The third-order valence-electron chi connectivity index (χ3n) is 2.44. The van der Waals surface area contributed by atoms with E-state index >= 15 is 0 Å². The molecule has 7 heteroatoms. The Labute approximate surface area is 86.4 Å². The Kier molecular flexibility index (Phi) is 2.26. The number of aromatic carboxylic acids is 1. The Balaban J connectivity index is 2.32. The van der Waals surface area contributed by atoms with E-state index < -0.39 is 15.8 Å². The largest absolute Gasteiger partial charge is 0.477 e. The standard InChI is InChI=1S/C8H10N2O4S/c11-8(12)7-1-3-9-10(7)6-2-4-15(13,14)5-6/h1,3,6H,2,4-5H2,(H,11,12). The highest BCUT2D eigenvalue weighted by molar-refractivity contribution is 7.91. The number of rotatable bonds is 2.